The molecule has 1 N–H and O–H groups in total. The molecule has 1 aliphatic rings. The molecule has 0 bridgehead atoms. The summed E-state index contributed by atoms with van der Waals surface area (Å²) >= 11 is 0. The number of hydrogen-bond donors (Lipinski definition) is 1. The lowest BCUT2D eigenvalue weighted by Gasteiger charge is -2.32. The molecule has 33 heavy (non-hydrogen) atoms. The minimum Gasteiger partial charge on any atom is -0.496 e. The number of benzene rings is 2. The first kappa shape index (κ1) is 26.7. The first-order valence-corrected chi connectivity index (χ1v) is 10.6. The highest BCUT2D eigenvalue weighted by atomic mass is 127. The maximum Gasteiger partial charge on any atom is 0.193 e. The highest BCUT2D eigenvalue weighted by molar-refractivity contribution is 14.0. The smallest absolute Gasteiger partial charge is 0.193 e. The molecule has 0 aromatic heterocycles. The molecule has 0 amide bonds. The largest absolute Gasteiger partial charge is 0.496 e. The molecule has 0 unspecified atom stereocenters. The second kappa shape index (κ2) is 12.6. The fourth-order valence-corrected chi connectivity index (χ4v) is 4.02. The Labute approximate surface area is 213 Å². The van der Waals surface area contributed by atoms with Crippen LogP contribution < -0.4 is 29.0 Å². The van der Waals surface area contributed by atoms with E-state index < -0.39 is 0 Å². The van der Waals surface area contributed by atoms with Gasteiger partial charge in [-0.2, -0.15) is 0 Å². The average Bonchev–Trinajstić information content (AvgIpc) is 2.84. The highest BCUT2D eigenvalue weighted by Gasteiger charge is 2.22. The van der Waals surface area contributed by atoms with E-state index in [4.69, 9.17) is 23.7 Å². The van der Waals surface area contributed by atoms with Gasteiger partial charge in [-0.25, -0.2) is 0 Å². The van der Waals surface area contributed by atoms with Crippen LogP contribution in [0.5, 0.6) is 28.7 Å². The summed E-state index contributed by atoms with van der Waals surface area (Å²) < 4.78 is 27.4. The lowest BCUT2D eigenvalue weighted by Crippen LogP contribution is -2.44. The second-order valence-corrected chi connectivity index (χ2v) is 7.38. The third kappa shape index (κ3) is 6.07. The Morgan fingerprint density at radius 1 is 0.848 bits per heavy atom. The maximum absolute atomic E-state index is 5.56. The zero-order valence-electron chi connectivity index (χ0n) is 20.2. The molecule has 3 rings (SSSR count). The number of nitrogens with one attached hydrogen (secondary N) is 1. The van der Waals surface area contributed by atoms with E-state index in [1.807, 2.05) is 12.1 Å². The van der Waals surface area contributed by atoms with Crippen molar-refractivity contribution in [1.82, 2.24) is 10.2 Å². The van der Waals surface area contributed by atoms with Crippen molar-refractivity contribution < 1.29 is 23.7 Å². The van der Waals surface area contributed by atoms with Gasteiger partial charge in [0.15, 0.2) is 17.5 Å². The van der Waals surface area contributed by atoms with Gasteiger partial charge in [0.05, 0.1) is 35.5 Å². The van der Waals surface area contributed by atoms with Crippen molar-refractivity contribution in [3.05, 3.63) is 41.0 Å². The monoisotopic (exact) mass is 571 g/mol. The van der Waals surface area contributed by atoms with E-state index >= 15 is 0 Å². The molecule has 0 spiro atoms. The Morgan fingerprint density at radius 2 is 1.42 bits per heavy atom. The molecule has 2 aromatic carbocycles. The number of halogens is 1. The molecule has 0 saturated heterocycles. The summed E-state index contributed by atoms with van der Waals surface area (Å²) in [5, 5.41) is 3.48. The van der Waals surface area contributed by atoms with Crippen molar-refractivity contribution in [1.29, 1.82) is 0 Å². The number of nitrogens with zero attached hydrogens (tertiary/aromatic N) is 2. The second-order valence-electron chi connectivity index (χ2n) is 7.38. The third-order valence-corrected chi connectivity index (χ3v) is 5.70. The van der Waals surface area contributed by atoms with Crippen molar-refractivity contribution >= 4 is 29.9 Å². The van der Waals surface area contributed by atoms with Crippen LogP contribution in [0, 0.1) is 0 Å². The molecule has 0 saturated carbocycles. The number of methoxy groups -OCH3 is 5. The van der Waals surface area contributed by atoms with E-state index in [9.17, 15) is 0 Å². The van der Waals surface area contributed by atoms with E-state index in [-0.39, 0.29) is 24.0 Å². The van der Waals surface area contributed by atoms with E-state index in [0.717, 1.165) is 54.0 Å². The zero-order chi connectivity index (χ0) is 23.1. The molecule has 0 atom stereocenters. The first-order chi connectivity index (χ1) is 15.6. The number of hydrogen-bond acceptors (Lipinski definition) is 6. The Morgan fingerprint density at radius 3 is 1.94 bits per heavy atom. The van der Waals surface area contributed by atoms with Gasteiger partial charge in [0, 0.05) is 44.4 Å². The lowest BCUT2D eigenvalue weighted by molar-refractivity contribution is 0.346. The van der Waals surface area contributed by atoms with Gasteiger partial charge in [0.25, 0.3) is 0 Å². The van der Waals surface area contributed by atoms with Gasteiger partial charge in [-0.3, -0.25) is 4.99 Å². The van der Waals surface area contributed by atoms with E-state index in [2.05, 4.69) is 27.3 Å². The Bertz CT molecular complexity index is 942. The Balaban J connectivity index is 0.00000385. The van der Waals surface area contributed by atoms with E-state index in [0.29, 0.717) is 18.7 Å². The summed E-state index contributed by atoms with van der Waals surface area (Å²) in [6, 6.07) is 7.87. The molecule has 9 heteroatoms. The van der Waals surface area contributed by atoms with Gasteiger partial charge < -0.3 is 33.9 Å². The Kier molecular flexibility index (Phi) is 10.2. The van der Waals surface area contributed by atoms with Crippen LogP contribution >= 0.6 is 24.0 Å². The minimum atomic E-state index is 0. The van der Waals surface area contributed by atoms with Crippen LogP contribution in [0.2, 0.25) is 0 Å². The normalized spacial score (nSPS) is 12.9. The molecule has 1 heterocycles. The molecule has 0 radical (unpaired) electrons. The first-order valence-electron chi connectivity index (χ1n) is 10.6. The summed E-state index contributed by atoms with van der Waals surface area (Å²) in [7, 11) is 10.1. The summed E-state index contributed by atoms with van der Waals surface area (Å²) in [6.45, 7) is 2.31. The molecular weight excluding hydrogens is 537 g/mol. The van der Waals surface area contributed by atoms with Crippen LogP contribution in [0.1, 0.15) is 16.7 Å². The van der Waals surface area contributed by atoms with Crippen molar-refractivity contribution in [2.45, 2.75) is 19.4 Å². The lowest BCUT2D eigenvalue weighted by atomic mass is 9.99. The van der Waals surface area contributed by atoms with Gasteiger partial charge in [0.1, 0.15) is 17.2 Å². The van der Waals surface area contributed by atoms with Crippen LogP contribution in [0.25, 0.3) is 0 Å². The maximum atomic E-state index is 5.56. The highest BCUT2D eigenvalue weighted by Crippen LogP contribution is 2.35. The summed E-state index contributed by atoms with van der Waals surface area (Å²) in [5.74, 6) is 4.55. The summed E-state index contributed by atoms with van der Waals surface area (Å²) in [6.07, 6.45) is 1.63. The van der Waals surface area contributed by atoms with Crippen LogP contribution in [-0.2, 0) is 19.4 Å². The number of rotatable bonds is 8. The van der Waals surface area contributed by atoms with Crippen LogP contribution in [0.3, 0.4) is 0 Å². The minimum absolute atomic E-state index is 0. The van der Waals surface area contributed by atoms with Gasteiger partial charge in [0.2, 0.25) is 0 Å². The van der Waals surface area contributed by atoms with E-state index in [1.54, 1.807) is 42.6 Å². The fraction of sp³-hybridized carbons (Fsp3) is 0.458. The van der Waals surface area contributed by atoms with Crippen molar-refractivity contribution in [2.75, 3.05) is 55.7 Å². The zero-order valence-corrected chi connectivity index (χ0v) is 22.5. The third-order valence-electron chi connectivity index (χ3n) is 5.70. The molecular formula is C24H34IN3O5. The molecule has 182 valence electrons. The Hall–Kier alpha value is -2.56. The van der Waals surface area contributed by atoms with Crippen LogP contribution in [-0.4, -0.2) is 66.5 Å². The predicted molar refractivity (Wildman–Crippen MR) is 140 cm³/mol. The van der Waals surface area contributed by atoms with Gasteiger partial charge in [-0.15, -0.1) is 24.0 Å². The number of aliphatic imine (C=N–C) groups is 1. The summed E-state index contributed by atoms with van der Waals surface area (Å²) in [4.78, 5) is 6.74. The fourth-order valence-electron chi connectivity index (χ4n) is 4.02. The number of fused-ring (bicyclic) bond motifs is 1. The molecule has 2 aromatic rings. The quantitative estimate of drug-likeness (QED) is 0.296. The molecule has 0 fully saturated rings. The van der Waals surface area contributed by atoms with Crippen LogP contribution in [0.4, 0.5) is 0 Å². The standard InChI is InChI=1S/C24H33N3O5.HI/c1-25-24(26-9-7-19-20(29-3)13-18(28-2)14-21(19)30-4)27-10-8-16-11-22(31-5)23(32-6)12-17(16)15-27;/h11-14H,7-10,15H2,1-6H3,(H,25,26);1H. The van der Waals surface area contributed by atoms with Gasteiger partial charge >= 0.3 is 0 Å². The van der Waals surface area contributed by atoms with Gasteiger partial charge in [-0.1, -0.05) is 0 Å². The van der Waals surface area contributed by atoms with Crippen molar-refractivity contribution in [3.63, 3.8) is 0 Å². The molecule has 1 aliphatic heterocycles. The molecule has 0 aliphatic carbocycles. The number of ether oxygens (including phenoxy) is 5. The van der Waals surface area contributed by atoms with Crippen molar-refractivity contribution in [2.24, 2.45) is 4.99 Å². The topological polar surface area (TPSA) is 73.8 Å². The SMILES string of the molecule is CN=C(NCCc1c(OC)cc(OC)cc1OC)N1CCc2cc(OC)c(OC)cc2C1.I. The summed E-state index contributed by atoms with van der Waals surface area (Å²) in [5.41, 5.74) is 3.48. The number of guanidine groups is 1. The van der Waals surface area contributed by atoms with Crippen LogP contribution in [0.15, 0.2) is 29.3 Å². The van der Waals surface area contributed by atoms with E-state index in [1.165, 1.54) is 11.1 Å². The van der Waals surface area contributed by atoms with Gasteiger partial charge in [-0.05, 0) is 36.1 Å². The average molecular weight is 571 g/mol. The van der Waals surface area contributed by atoms with Crippen molar-refractivity contribution in [3.8, 4) is 28.7 Å². The predicted octanol–water partition coefficient (Wildman–Crippen LogP) is 3.52. The molecule has 8 nitrogen and oxygen atoms in total.